The number of rotatable bonds is 6. The number of ether oxygens (including phenoxy) is 1. The molecule has 30 heavy (non-hydrogen) atoms. The fourth-order valence-electron chi connectivity index (χ4n) is 3.27. The van der Waals surface area contributed by atoms with Crippen molar-refractivity contribution in [2.75, 3.05) is 0 Å². The van der Waals surface area contributed by atoms with Crippen LogP contribution in [-0.2, 0) is 0 Å². The van der Waals surface area contributed by atoms with E-state index in [2.05, 4.69) is 19.9 Å². The van der Waals surface area contributed by atoms with Gasteiger partial charge in [0.1, 0.15) is 28.6 Å². The molecular formula is C25H26O5. The number of phenolic OH excluding ortho intramolecular Hbond substituents is 3. The number of fused-ring (bicyclic) bond motifs is 1. The third-order valence-electron chi connectivity index (χ3n) is 4.97. The minimum atomic E-state index is -0.482. The summed E-state index contributed by atoms with van der Waals surface area (Å²) in [5.41, 5.74) is 1.92. The van der Waals surface area contributed by atoms with Crippen LogP contribution >= 0.6 is 0 Å². The number of benzene rings is 2. The van der Waals surface area contributed by atoms with E-state index >= 15 is 0 Å². The molecule has 1 atom stereocenters. The van der Waals surface area contributed by atoms with Crippen LogP contribution in [0.15, 0.2) is 54.1 Å². The van der Waals surface area contributed by atoms with Crippen molar-refractivity contribution in [3.8, 4) is 23.0 Å². The molecule has 0 bridgehead atoms. The third-order valence-corrected chi connectivity index (χ3v) is 4.97. The lowest BCUT2D eigenvalue weighted by molar-refractivity contribution is 0.104. The zero-order valence-electron chi connectivity index (χ0n) is 17.3. The van der Waals surface area contributed by atoms with E-state index in [1.807, 2.05) is 19.1 Å². The molecule has 0 saturated carbocycles. The lowest BCUT2D eigenvalue weighted by Crippen LogP contribution is -2.31. The normalized spacial score (nSPS) is 17.4. The predicted molar refractivity (Wildman–Crippen MR) is 118 cm³/mol. The van der Waals surface area contributed by atoms with Crippen LogP contribution in [-0.4, -0.2) is 26.7 Å². The van der Waals surface area contributed by atoms with Gasteiger partial charge in [-0.05, 0) is 76.1 Å². The Morgan fingerprint density at radius 3 is 2.60 bits per heavy atom. The van der Waals surface area contributed by atoms with Crippen molar-refractivity contribution in [1.82, 2.24) is 0 Å². The third kappa shape index (κ3) is 4.92. The van der Waals surface area contributed by atoms with Gasteiger partial charge in [0.25, 0.3) is 0 Å². The molecule has 1 unspecified atom stereocenters. The summed E-state index contributed by atoms with van der Waals surface area (Å²) >= 11 is 0. The van der Waals surface area contributed by atoms with Crippen LogP contribution in [0.5, 0.6) is 23.0 Å². The number of aromatic hydroxyl groups is 3. The molecule has 0 saturated heterocycles. The van der Waals surface area contributed by atoms with Gasteiger partial charge in [0.2, 0.25) is 0 Å². The fourth-order valence-corrected chi connectivity index (χ4v) is 3.27. The maximum absolute atomic E-state index is 12.6. The summed E-state index contributed by atoms with van der Waals surface area (Å²) in [6.07, 6.45) is 10.4. The van der Waals surface area contributed by atoms with Crippen molar-refractivity contribution in [2.24, 2.45) is 0 Å². The van der Waals surface area contributed by atoms with Gasteiger partial charge in [0, 0.05) is 17.2 Å². The first kappa shape index (κ1) is 21.2. The van der Waals surface area contributed by atoms with E-state index in [1.54, 1.807) is 6.07 Å². The van der Waals surface area contributed by atoms with Crippen molar-refractivity contribution in [3.63, 3.8) is 0 Å². The second-order valence-corrected chi connectivity index (χ2v) is 7.92. The van der Waals surface area contributed by atoms with Crippen LogP contribution in [0.3, 0.4) is 0 Å². The Balaban J connectivity index is 1.81. The summed E-state index contributed by atoms with van der Waals surface area (Å²) in [6, 6.07) is 7.09. The van der Waals surface area contributed by atoms with E-state index in [-0.39, 0.29) is 22.8 Å². The highest BCUT2D eigenvalue weighted by Gasteiger charge is 2.28. The molecule has 3 N–H and O–H groups in total. The SMILES string of the molecule is CC(C)=CCCC1(C)C=Cc2cc(C(=O)C=Cc3cc(O)ccc3O)c(O)cc2O1. The van der Waals surface area contributed by atoms with Gasteiger partial charge in [-0.3, -0.25) is 4.79 Å². The molecule has 5 heteroatoms. The lowest BCUT2D eigenvalue weighted by atomic mass is 9.93. The van der Waals surface area contributed by atoms with Gasteiger partial charge in [0.15, 0.2) is 5.78 Å². The second-order valence-electron chi connectivity index (χ2n) is 7.92. The first-order chi connectivity index (χ1) is 14.2. The van der Waals surface area contributed by atoms with Gasteiger partial charge < -0.3 is 20.1 Å². The molecule has 3 rings (SSSR count). The van der Waals surface area contributed by atoms with Crippen LogP contribution in [0.4, 0.5) is 0 Å². The van der Waals surface area contributed by atoms with Crippen LogP contribution in [0.25, 0.3) is 12.2 Å². The maximum Gasteiger partial charge on any atom is 0.189 e. The summed E-state index contributed by atoms with van der Waals surface area (Å²) in [7, 11) is 0. The Kier molecular flexibility index (Phi) is 6.01. The molecule has 0 spiro atoms. The standard InChI is InChI=1S/C25H26O5/c1-16(2)5-4-11-25(3)12-10-18-14-20(23(29)15-24(18)30-25)22(28)8-6-17-13-19(26)7-9-21(17)27/h5-10,12-15,26-27,29H,4,11H2,1-3H3. The Bertz CT molecular complexity index is 1060. The molecule has 0 aliphatic carbocycles. The number of ketones is 1. The highest BCUT2D eigenvalue weighted by molar-refractivity contribution is 6.09. The van der Waals surface area contributed by atoms with E-state index in [0.717, 1.165) is 12.8 Å². The molecule has 0 aromatic heterocycles. The van der Waals surface area contributed by atoms with Crippen LogP contribution in [0, 0.1) is 0 Å². The summed E-state index contributed by atoms with van der Waals surface area (Å²) in [4.78, 5) is 12.6. The number of hydrogen-bond acceptors (Lipinski definition) is 5. The molecule has 1 aliphatic rings. The van der Waals surface area contributed by atoms with Crippen molar-refractivity contribution in [2.45, 2.75) is 39.2 Å². The van der Waals surface area contributed by atoms with E-state index in [1.165, 1.54) is 42.0 Å². The molecule has 0 amide bonds. The van der Waals surface area contributed by atoms with Gasteiger partial charge >= 0.3 is 0 Å². The number of carbonyl (C=O) groups excluding carboxylic acids is 1. The fraction of sp³-hybridized carbons (Fsp3) is 0.240. The summed E-state index contributed by atoms with van der Waals surface area (Å²) < 4.78 is 6.11. The highest BCUT2D eigenvalue weighted by Crippen LogP contribution is 2.38. The van der Waals surface area contributed by atoms with Gasteiger partial charge in [-0.2, -0.15) is 0 Å². The van der Waals surface area contributed by atoms with Crippen molar-refractivity contribution >= 4 is 17.9 Å². The molecule has 5 nitrogen and oxygen atoms in total. The molecule has 2 aromatic rings. The highest BCUT2D eigenvalue weighted by atomic mass is 16.5. The van der Waals surface area contributed by atoms with Crippen LogP contribution in [0.1, 0.15) is 55.1 Å². The van der Waals surface area contributed by atoms with Crippen molar-refractivity contribution in [3.05, 3.63) is 70.8 Å². The summed E-state index contributed by atoms with van der Waals surface area (Å²) in [5, 5.41) is 29.7. The zero-order chi connectivity index (χ0) is 21.9. The number of carbonyl (C=O) groups is 1. The van der Waals surface area contributed by atoms with Gasteiger partial charge in [-0.25, -0.2) is 0 Å². The maximum atomic E-state index is 12.6. The number of hydrogen-bond donors (Lipinski definition) is 3. The predicted octanol–water partition coefficient (Wildman–Crippen LogP) is 5.61. The quantitative estimate of drug-likeness (QED) is 0.251. The van der Waals surface area contributed by atoms with Crippen molar-refractivity contribution < 1.29 is 24.9 Å². The molecule has 156 valence electrons. The molecule has 0 fully saturated rings. The number of phenols is 3. The average Bonchev–Trinajstić information content (AvgIpc) is 2.67. The summed E-state index contributed by atoms with van der Waals surface area (Å²) in [5.74, 6) is -0.156. The van der Waals surface area contributed by atoms with Crippen LogP contribution < -0.4 is 4.74 Å². The van der Waals surface area contributed by atoms with Crippen LogP contribution in [0.2, 0.25) is 0 Å². The molecular weight excluding hydrogens is 380 g/mol. The summed E-state index contributed by atoms with van der Waals surface area (Å²) in [6.45, 7) is 6.11. The number of allylic oxidation sites excluding steroid dienone is 3. The van der Waals surface area contributed by atoms with Gasteiger partial charge in [0.05, 0.1) is 5.56 Å². The Hall–Kier alpha value is -3.47. The van der Waals surface area contributed by atoms with Gasteiger partial charge in [-0.1, -0.05) is 17.7 Å². The Labute approximate surface area is 176 Å². The van der Waals surface area contributed by atoms with E-state index in [0.29, 0.717) is 16.9 Å². The average molecular weight is 406 g/mol. The second kappa shape index (κ2) is 8.49. The molecule has 2 aromatic carbocycles. The largest absolute Gasteiger partial charge is 0.508 e. The monoisotopic (exact) mass is 406 g/mol. The Morgan fingerprint density at radius 1 is 1.10 bits per heavy atom. The van der Waals surface area contributed by atoms with E-state index < -0.39 is 11.4 Å². The first-order valence-electron chi connectivity index (χ1n) is 9.80. The van der Waals surface area contributed by atoms with E-state index in [4.69, 9.17) is 4.74 Å². The van der Waals surface area contributed by atoms with Gasteiger partial charge in [-0.15, -0.1) is 0 Å². The molecule has 0 radical (unpaired) electrons. The lowest BCUT2D eigenvalue weighted by Gasteiger charge is -2.31. The zero-order valence-corrected chi connectivity index (χ0v) is 17.3. The topological polar surface area (TPSA) is 87.0 Å². The van der Waals surface area contributed by atoms with Crippen molar-refractivity contribution in [1.29, 1.82) is 0 Å². The minimum Gasteiger partial charge on any atom is -0.508 e. The minimum absolute atomic E-state index is 0.0218. The molecule has 1 heterocycles. The molecule has 1 aliphatic heterocycles. The van der Waals surface area contributed by atoms with E-state index in [9.17, 15) is 20.1 Å². The Morgan fingerprint density at radius 2 is 1.87 bits per heavy atom. The smallest absolute Gasteiger partial charge is 0.189 e. The first-order valence-corrected chi connectivity index (χ1v) is 9.80.